The van der Waals surface area contributed by atoms with Crippen LogP contribution in [-0.4, -0.2) is 4.57 Å². The lowest BCUT2D eigenvalue weighted by molar-refractivity contribution is 1.05. The van der Waals surface area contributed by atoms with Crippen molar-refractivity contribution in [2.24, 2.45) is 0 Å². The summed E-state index contributed by atoms with van der Waals surface area (Å²) in [5, 5.41) is 9.14. The SMILES string of the molecule is C/C=C\c1c(C)n(-c2ccc(-c3c4ccccc4c(-c4c(C)cc(C)cc4C)c4ccccc34)cc2)c2ccc(-c3cccc4c3sc3cccc(C)c34)cc12. The van der Waals surface area contributed by atoms with Crippen molar-refractivity contribution in [3.8, 4) is 39.1 Å². The lowest BCUT2D eigenvalue weighted by atomic mass is 9.83. The van der Waals surface area contributed by atoms with Gasteiger partial charge >= 0.3 is 0 Å². The molecule has 0 aliphatic rings. The number of hydrogen-bond donors (Lipinski definition) is 0. The first-order valence-corrected chi connectivity index (χ1v) is 20.5. The van der Waals surface area contributed by atoms with Gasteiger partial charge in [0.25, 0.3) is 0 Å². The minimum atomic E-state index is 1.16. The van der Waals surface area contributed by atoms with Crippen molar-refractivity contribution in [1.29, 1.82) is 0 Å². The van der Waals surface area contributed by atoms with Crippen molar-refractivity contribution >= 4 is 70.0 Å². The zero-order valence-electron chi connectivity index (χ0n) is 32.8. The zero-order chi connectivity index (χ0) is 38.2. The van der Waals surface area contributed by atoms with E-state index in [1.54, 1.807) is 0 Å². The molecule has 0 N–H and O–H groups in total. The molecule has 2 aromatic heterocycles. The van der Waals surface area contributed by atoms with Crippen molar-refractivity contribution in [2.75, 3.05) is 0 Å². The summed E-state index contributed by atoms with van der Waals surface area (Å²) >= 11 is 1.90. The van der Waals surface area contributed by atoms with Gasteiger partial charge < -0.3 is 4.57 Å². The van der Waals surface area contributed by atoms with Crippen LogP contribution in [0, 0.1) is 34.6 Å². The van der Waals surface area contributed by atoms with Crippen LogP contribution in [0.3, 0.4) is 0 Å². The van der Waals surface area contributed by atoms with Crippen LogP contribution in [-0.2, 0) is 0 Å². The number of nitrogens with zero attached hydrogens (tertiary/aromatic N) is 1. The largest absolute Gasteiger partial charge is 0.313 e. The van der Waals surface area contributed by atoms with Gasteiger partial charge in [0.05, 0.1) is 5.52 Å². The van der Waals surface area contributed by atoms with Crippen molar-refractivity contribution in [3.05, 3.63) is 179 Å². The van der Waals surface area contributed by atoms with Gasteiger partial charge in [0.2, 0.25) is 0 Å². The molecule has 1 nitrogen and oxygen atoms in total. The number of aryl methyl sites for hydroxylation is 4. The molecule has 0 amide bonds. The number of rotatable bonds is 5. The van der Waals surface area contributed by atoms with Gasteiger partial charge in [0.1, 0.15) is 0 Å². The summed E-state index contributed by atoms with van der Waals surface area (Å²) in [6.45, 7) is 13.3. The molecule has 10 rings (SSSR count). The molecule has 0 aliphatic heterocycles. The first kappa shape index (κ1) is 34.3. The molecule has 0 aliphatic carbocycles. The Morgan fingerprint density at radius 3 is 1.77 bits per heavy atom. The number of fused-ring (bicyclic) bond motifs is 6. The van der Waals surface area contributed by atoms with Crippen LogP contribution in [0.4, 0.5) is 0 Å². The summed E-state index contributed by atoms with van der Waals surface area (Å²) < 4.78 is 5.14. The zero-order valence-corrected chi connectivity index (χ0v) is 33.6. The van der Waals surface area contributed by atoms with E-state index in [1.165, 1.54) is 120 Å². The van der Waals surface area contributed by atoms with Gasteiger partial charge in [-0.25, -0.2) is 0 Å². The topological polar surface area (TPSA) is 4.93 Å². The molecular weight excluding hydrogens is 695 g/mol. The summed E-state index contributed by atoms with van der Waals surface area (Å²) in [5.41, 5.74) is 17.9. The van der Waals surface area contributed by atoms with Crippen molar-refractivity contribution < 1.29 is 0 Å². The minimum absolute atomic E-state index is 1.16. The Morgan fingerprint density at radius 2 is 1.11 bits per heavy atom. The summed E-state index contributed by atoms with van der Waals surface area (Å²) in [5.74, 6) is 0. The molecule has 56 heavy (non-hydrogen) atoms. The highest BCUT2D eigenvalue weighted by Gasteiger charge is 2.21. The Morgan fingerprint density at radius 1 is 0.500 bits per heavy atom. The summed E-state index contributed by atoms with van der Waals surface area (Å²) in [4.78, 5) is 0. The van der Waals surface area contributed by atoms with E-state index in [1.807, 2.05) is 11.3 Å². The van der Waals surface area contributed by atoms with E-state index in [-0.39, 0.29) is 0 Å². The predicted octanol–water partition coefficient (Wildman–Crippen LogP) is 15.9. The fourth-order valence-corrected chi connectivity index (χ4v) is 10.9. The third kappa shape index (κ3) is 5.20. The fourth-order valence-electron chi connectivity index (χ4n) is 9.63. The van der Waals surface area contributed by atoms with Gasteiger partial charge in [-0.2, -0.15) is 0 Å². The van der Waals surface area contributed by atoms with E-state index in [4.69, 9.17) is 0 Å². The van der Waals surface area contributed by atoms with Gasteiger partial charge in [0.15, 0.2) is 0 Å². The molecule has 0 unspecified atom stereocenters. The molecule has 10 aromatic rings. The van der Waals surface area contributed by atoms with Crippen LogP contribution >= 0.6 is 11.3 Å². The van der Waals surface area contributed by atoms with Crippen LogP contribution in [0.5, 0.6) is 0 Å². The van der Waals surface area contributed by atoms with E-state index < -0.39 is 0 Å². The summed E-state index contributed by atoms with van der Waals surface area (Å²) in [6, 6.07) is 52.4. The number of aromatic nitrogens is 1. The molecule has 2 heteroatoms. The monoisotopic (exact) mass is 737 g/mol. The van der Waals surface area contributed by atoms with Crippen LogP contribution < -0.4 is 0 Å². The van der Waals surface area contributed by atoms with E-state index in [9.17, 15) is 0 Å². The third-order valence-electron chi connectivity index (χ3n) is 11.9. The number of benzene rings is 8. The quantitative estimate of drug-likeness (QED) is 0.155. The van der Waals surface area contributed by atoms with Gasteiger partial charge in [-0.05, 0) is 143 Å². The maximum absolute atomic E-state index is 2.43. The molecule has 0 radical (unpaired) electrons. The first-order chi connectivity index (χ1) is 27.3. The highest BCUT2D eigenvalue weighted by molar-refractivity contribution is 7.26. The van der Waals surface area contributed by atoms with Gasteiger partial charge in [-0.3, -0.25) is 0 Å². The molecule has 0 bridgehead atoms. The second-order valence-corrected chi connectivity index (χ2v) is 16.5. The van der Waals surface area contributed by atoms with Crippen LogP contribution in [0.2, 0.25) is 0 Å². The Labute approximate surface area is 332 Å². The molecule has 0 saturated heterocycles. The second-order valence-electron chi connectivity index (χ2n) is 15.5. The smallest absolute Gasteiger partial charge is 0.0538 e. The van der Waals surface area contributed by atoms with Gasteiger partial charge in [0, 0.05) is 42.5 Å². The third-order valence-corrected chi connectivity index (χ3v) is 13.1. The lowest BCUT2D eigenvalue weighted by Crippen LogP contribution is -1.97. The maximum atomic E-state index is 2.43. The fraction of sp³-hybridized carbons (Fsp3) is 0.111. The van der Waals surface area contributed by atoms with Crippen molar-refractivity contribution in [2.45, 2.75) is 41.5 Å². The first-order valence-electron chi connectivity index (χ1n) is 19.6. The molecular formula is C54H43NS. The second kappa shape index (κ2) is 13.2. The van der Waals surface area contributed by atoms with Crippen LogP contribution in [0.15, 0.2) is 146 Å². The predicted molar refractivity (Wildman–Crippen MR) is 246 cm³/mol. The standard InChI is InChI=1S/C54H43NS/c1-7-14-40-36(6)55(48-28-25-38(31-47(40)48)41-20-13-21-46-51-33(3)15-12-22-49(51)56-54(41)46)39-26-23-37(24-27-39)52-42-16-8-10-18-44(42)53(45-19-11-9-17-43(45)52)50-34(4)29-32(2)30-35(50)5/h7-31H,1-6H3/b14-7-. The highest BCUT2D eigenvalue weighted by atomic mass is 32.1. The van der Waals surface area contributed by atoms with Gasteiger partial charge in [-0.15, -0.1) is 11.3 Å². The van der Waals surface area contributed by atoms with Gasteiger partial charge in [-0.1, -0.05) is 127 Å². The number of thiophene rings is 1. The van der Waals surface area contributed by atoms with E-state index in [2.05, 4.69) is 198 Å². The normalized spacial score (nSPS) is 12.0. The average Bonchev–Trinajstić information content (AvgIpc) is 3.72. The average molecular weight is 738 g/mol. The number of hydrogen-bond acceptors (Lipinski definition) is 1. The number of allylic oxidation sites excluding steroid dienone is 1. The lowest BCUT2D eigenvalue weighted by Gasteiger charge is -2.20. The molecule has 8 aromatic carbocycles. The van der Waals surface area contributed by atoms with Crippen LogP contribution in [0.25, 0.3) is 97.8 Å². The molecule has 0 atom stereocenters. The molecule has 2 heterocycles. The van der Waals surface area contributed by atoms with Crippen molar-refractivity contribution in [3.63, 3.8) is 0 Å². The molecule has 0 spiro atoms. The minimum Gasteiger partial charge on any atom is -0.313 e. The summed E-state index contributed by atoms with van der Waals surface area (Å²) in [7, 11) is 0. The van der Waals surface area contributed by atoms with E-state index in [0.717, 1.165) is 5.69 Å². The molecule has 0 fully saturated rings. The Kier molecular flexibility index (Phi) is 8.09. The molecule has 270 valence electrons. The Balaban J connectivity index is 1.13. The maximum Gasteiger partial charge on any atom is 0.0538 e. The van der Waals surface area contributed by atoms with E-state index in [0.29, 0.717) is 0 Å². The Bertz CT molecular complexity index is 3160. The molecule has 0 saturated carbocycles. The van der Waals surface area contributed by atoms with E-state index >= 15 is 0 Å². The Hall–Kier alpha value is -6.22. The van der Waals surface area contributed by atoms with Crippen LogP contribution in [0.1, 0.15) is 40.4 Å². The van der Waals surface area contributed by atoms with Crippen molar-refractivity contribution in [1.82, 2.24) is 4.57 Å². The summed E-state index contributed by atoms with van der Waals surface area (Å²) in [6.07, 6.45) is 4.43. The highest BCUT2D eigenvalue weighted by Crippen LogP contribution is 2.46.